The van der Waals surface area contributed by atoms with Gasteiger partial charge in [0.25, 0.3) is 11.5 Å². The topological polar surface area (TPSA) is 88.1 Å². The molecule has 1 amide bonds. The van der Waals surface area contributed by atoms with Crippen LogP contribution in [0.25, 0.3) is 10.4 Å². The molecule has 7 nitrogen and oxygen atoms in total. The van der Waals surface area contributed by atoms with E-state index in [-0.39, 0.29) is 49.5 Å². The molecule has 1 saturated carbocycles. The van der Waals surface area contributed by atoms with Gasteiger partial charge in [-0.1, -0.05) is 23.7 Å². The highest BCUT2D eigenvalue weighted by Gasteiger charge is 2.46. The van der Waals surface area contributed by atoms with Crippen molar-refractivity contribution in [1.29, 1.82) is 0 Å². The summed E-state index contributed by atoms with van der Waals surface area (Å²) in [6.45, 7) is -0.188. The molecule has 2 atom stereocenters. The maximum atomic E-state index is 14.3. The van der Waals surface area contributed by atoms with E-state index in [1.165, 1.54) is 30.1 Å². The Labute approximate surface area is 214 Å². The lowest BCUT2D eigenvalue weighted by molar-refractivity contribution is -0.125. The molecule has 12 heteroatoms. The maximum absolute atomic E-state index is 14.3. The largest absolute Gasteiger partial charge is 0.311 e. The second-order valence-corrected chi connectivity index (χ2v) is 9.84. The summed E-state index contributed by atoms with van der Waals surface area (Å²) in [5.74, 6) is -3.88. The van der Waals surface area contributed by atoms with Gasteiger partial charge in [-0.25, -0.2) is 23.1 Å². The van der Waals surface area contributed by atoms with E-state index < -0.39 is 23.0 Å². The number of thiazole rings is 1. The quantitative estimate of drug-likeness (QED) is 0.314. The smallest absolute Gasteiger partial charge is 0.278 e. The SMILES string of the molecule is O=C[C@](CNC1CCC(F)(F)CC1)(c1cncnc1)N(C(=O)[C@H](F)Cl)c1ccc(-c2cncs2)cc1. The van der Waals surface area contributed by atoms with E-state index >= 15 is 0 Å². The summed E-state index contributed by atoms with van der Waals surface area (Å²) < 4.78 is 41.6. The minimum Gasteiger partial charge on any atom is -0.311 e. The fourth-order valence-electron chi connectivity index (χ4n) is 4.32. The van der Waals surface area contributed by atoms with Crippen LogP contribution in [0.4, 0.5) is 18.9 Å². The third-order valence-electron chi connectivity index (χ3n) is 6.28. The first kappa shape index (κ1) is 26.2. The van der Waals surface area contributed by atoms with Crippen molar-refractivity contribution in [2.24, 2.45) is 0 Å². The van der Waals surface area contributed by atoms with Gasteiger partial charge in [0.1, 0.15) is 11.9 Å². The van der Waals surface area contributed by atoms with Gasteiger partial charge in [-0.05, 0) is 30.5 Å². The summed E-state index contributed by atoms with van der Waals surface area (Å²) >= 11 is 7.02. The standard InChI is InChI=1S/C24H23ClF3N5O2S/c25-21(26)22(35)33(19-3-1-16(2-4-19)20-11-31-15-36-20)23(13-34,17-9-29-14-30-10-17)12-32-18-5-7-24(27,28)8-6-18/h1-4,9-11,13-15,18,21,32H,5-8,12H2/t21-,23+/m0/s1. The number of hydrogen-bond donors (Lipinski definition) is 1. The van der Waals surface area contributed by atoms with Gasteiger partial charge in [-0.15, -0.1) is 11.3 Å². The van der Waals surface area contributed by atoms with E-state index in [0.717, 1.165) is 15.3 Å². The second-order valence-electron chi connectivity index (χ2n) is 8.57. The van der Waals surface area contributed by atoms with Crippen LogP contribution < -0.4 is 10.2 Å². The molecule has 0 spiro atoms. The second kappa shape index (κ2) is 11.0. The Morgan fingerprint density at radius 1 is 1.19 bits per heavy atom. The number of anilines is 1. The first-order valence-electron chi connectivity index (χ1n) is 11.2. The van der Waals surface area contributed by atoms with Gasteiger partial charge in [-0.3, -0.25) is 14.7 Å². The molecule has 0 bridgehead atoms. The highest BCUT2D eigenvalue weighted by molar-refractivity contribution is 7.13. The fourth-order valence-corrected chi connectivity index (χ4v) is 5.05. The lowest BCUT2D eigenvalue weighted by Crippen LogP contribution is -2.59. The molecule has 2 aromatic heterocycles. The van der Waals surface area contributed by atoms with E-state index in [2.05, 4.69) is 20.3 Å². The molecule has 1 fully saturated rings. The van der Waals surface area contributed by atoms with Gasteiger partial charge in [0.15, 0.2) is 6.29 Å². The number of carbonyl (C=O) groups excluding carboxylic acids is 2. The van der Waals surface area contributed by atoms with Crippen LogP contribution in [0.3, 0.4) is 0 Å². The number of carbonyl (C=O) groups is 2. The fraction of sp³-hybridized carbons (Fsp3) is 0.375. The monoisotopic (exact) mass is 537 g/mol. The highest BCUT2D eigenvalue weighted by atomic mass is 35.5. The Balaban J connectivity index is 1.74. The first-order chi connectivity index (χ1) is 17.3. The molecule has 1 N–H and O–H groups in total. The Morgan fingerprint density at radius 2 is 1.86 bits per heavy atom. The zero-order valence-corrected chi connectivity index (χ0v) is 20.6. The van der Waals surface area contributed by atoms with Crippen LogP contribution in [-0.2, 0) is 15.1 Å². The summed E-state index contributed by atoms with van der Waals surface area (Å²) in [7, 11) is 0. The summed E-state index contributed by atoms with van der Waals surface area (Å²) in [6, 6.07) is 6.28. The number of amides is 1. The zero-order valence-electron chi connectivity index (χ0n) is 19.0. The third kappa shape index (κ3) is 5.58. The van der Waals surface area contributed by atoms with Crippen molar-refractivity contribution in [1.82, 2.24) is 20.3 Å². The first-order valence-corrected chi connectivity index (χ1v) is 12.5. The Hall–Kier alpha value is -2.89. The predicted octanol–water partition coefficient (Wildman–Crippen LogP) is 4.73. The van der Waals surface area contributed by atoms with E-state index in [4.69, 9.17) is 11.6 Å². The number of halogens is 4. The molecule has 0 unspecified atom stereocenters. The molecular weight excluding hydrogens is 515 g/mol. The minimum absolute atomic E-state index is 0.186. The molecule has 190 valence electrons. The molecule has 0 aliphatic heterocycles. The molecular formula is C24H23ClF3N5O2S. The zero-order chi connectivity index (χ0) is 25.8. The number of aromatic nitrogens is 3. The van der Waals surface area contributed by atoms with Crippen LogP contribution in [0.2, 0.25) is 0 Å². The molecule has 0 radical (unpaired) electrons. The summed E-state index contributed by atoms with van der Waals surface area (Å²) in [5, 5.41) is 3.14. The van der Waals surface area contributed by atoms with E-state index in [9.17, 15) is 22.8 Å². The van der Waals surface area contributed by atoms with Gasteiger partial charge in [0.05, 0.1) is 10.4 Å². The minimum atomic E-state index is -2.73. The molecule has 1 aliphatic rings. The number of benzene rings is 1. The highest BCUT2D eigenvalue weighted by Crippen LogP contribution is 2.36. The van der Waals surface area contributed by atoms with E-state index in [0.29, 0.717) is 6.29 Å². The number of aldehydes is 1. The van der Waals surface area contributed by atoms with Crippen LogP contribution in [0.1, 0.15) is 31.2 Å². The van der Waals surface area contributed by atoms with E-state index in [1.807, 2.05) is 0 Å². The number of hydrogen-bond acceptors (Lipinski definition) is 7. The van der Waals surface area contributed by atoms with Crippen molar-refractivity contribution in [2.75, 3.05) is 11.4 Å². The van der Waals surface area contributed by atoms with Crippen LogP contribution in [0.15, 0.2) is 54.7 Å². The normalized spacial score (nSPS) is 18.2. The summed E-state index contributed by atoms with van der Waals surface area (Å²) in [6.07, 6.45) is 5.95. The van der Waals surface area contributed by atoms with Gasteiger partial charge < -0.3 is 10.1 Å². The molecule has 36 heavy (non-hydrogen) atoms. The molecule has 4 rings (SSSR count). The average molecular weight is 538 g/mol. The van der Waals surface area contributed by atoms with Gasteiger partial charge >= 0.3 is 0 Å². The average Bonchev–Trinajstić information content (AvgIpc) is 3.43. The third-order valence-corrected chi connectivity index (χ3v) is 7.29. The van der Waals surface area contributed by atoms with Crippen LogP contribution >= 0.6 is 22.9 Å². The van der Waals surface area contributed by atoms with Crippen LogP contribution in [0.5, 0.6) is 0 Å². The number of alkyl halides is 4. The van der Waals surface area contributed by atoms with Crippen molar-refractivity contribution in [3.8, 4) is 10.4 Å². The molecule has 1 aliphatic carbocycles. The Morgan fingerprint density at radius 3 is 2.42 bits per heavy atom. The summed E-state index contributed by atoms with van der Waals surface area (Å²) in [5.41, 5.74) is -1.32. The van der Waals surface area contributed by atoms with Crippen LogP contribution in [0, 0.1) is 0 Å². The Kier molecular flexibility index (Phi) is 8.01. The number of nitrogens with one attached hydrogen (secondary N) is 1. The summed E-state index contributed by atoms with van der Waals surface area (Å²) in [4.78, 5) is 39.8. The number of rotatable bonds is 9. The molecule has 2 heterocycles. The van der Waals surface area contributed by atoms with Gasteiger partial charge in [0.2, 0.25) is 5.92 Å². The lowest BCUT2D eigenvalue weighted by atomic mass is 9.87. The van der Waals surface area contributed by atoms with Crippen molar-refractivity contribution in [2.45, 2.75) is 48.8 Å². The molecule has 1 aromatic carbocycles. The number of nitrogens with zero attached hydrogens (tertiary/aromatic N) is 4. The van der Waals surface area contributed by atoms with Crippen molar-refractivity contribution >= 4 is 40.8 Å². The van der Waals surface area contributed by atoms with Crippen molar-refractivity contribution in [3.63, 3.8) is 0 Å². The van der Waals surface area contributed by atoms with E-state index in [1.54, 1.807) is 36.0 Å². The maximum Gasteiger partial charge on any atom is 0.278 e. The van der Waals surface area contributed by atoms with Crippen molar-refractivity contribution < 1.29 is 22.8 Å². The van der Waals surface area contributed by atoms with Crippen molar-refractivity contribution in [3.05, 3.63) is 60.3 Å². The van der Waals surface area contributed by atoms with Gasteiger partial charge in [-0.2, -0.15) is 0 Å². The molecule has 3 aromatic rings. The molecule has 0 saturated heterocycles. The lowest BCUT2D eigenvalue weighted by Gasteiger charge is -2.41. The Bertz CT molecular complexity index is 1160. The van der Waals surface area contributed by atoms with Gasteiger partial charge in [0, 0.05) is 55.3 Å². The van der Waals surface area contributed by atoms with Crippen LogP contribution in [-0.4, -0.2) is 51.3 Å². The predicted molar refractivity (Wildman–Crippen MR) is 131 cm³/mol.